The molecule has 1 amide bonds. The van der Waals surface area contributed by atoms with Gasteiger partial charge in [-0.3, -0.25) is 4.79 Å². The molecule has 27 heavy (non-hydrogen) atoms. The van der Waals surface area contributed by atoms with E-state index in [1.54, 1.807) is 11.3 Å². The van der Waals surface area contributed by atoms with Gasteiger partial charge in [-0.15, -0.1) is 0 Å². The van der Waals surface area contributed by atoms with Crippen LogP contribution in [0.15, 0.2) is 30.3 Å². The third-order valence-electron chi connectivity index (χ3n) is 4.83. The van der Waals surface area contributed by atoms with Gasteiger partial charge in [0.1, 0.15) is 17.2 Å². The van der Waals surface area contributed by atoms with E-state index in [-0.39, 0.29) is 0 Å². The number of carbonyl (C=O) groups excluding carboxylic acids is 1. The Kier molecular flexibility index (Phi) is 4.55. The molecule has 1 aliphatic rings. The monoisotopic (exact) mass is 387 g/mol. The van der Waals surface area contributed by atoms with Crippen molar-refractivity contribution in [2.75, 3.05) is 31.1 Å². The quantitative estimate of drug-likeness (QED) is 0.663. The van der Waals surface area contributed by atoms with Crippen LogP contribution in [0.3, 0.4) is 0 Å². The summed E-state index contributed by atoms with van der Waals surface area (Å²) >= 11 is 1.63. The molecule has 1 aliphatic heterocycles. The summed E-state index contributed by atoms with van der Waals surface area (Å²) in [5.74, 6) is -2.24. The summed E-state index contributed by atoms with van der Waals surface area (Å²) < 4.78 is 28.9. The first kappa shape index (κ1) is 17.9. The highest BCUT2D eigenvalue weighted by Crippen LogP contribution is 2.32. The molecule has 0 radical (unpaired) electrons. The SMILES string of the molecule is Cc1cc(C)c2nc(N3CCN(C(=O)c4c(F)cccc4F)CC3)sc2c1. The zero-order valence-electron chi connectivity index (χ0n) is 15.1. The van der Waals surface area contributed by atoms with Gasteiger partial charge in [0.15, 0.2) is 5.13 Å². The van der Waals surface area contributed by atoms with Crippen molar-refractivity contribution in [1.82, 2.24) is 9.88 Å². The summed E-state index contributed by atoms with van der Waals surface area (Å²) in [6.45, 7) is 6.09. The number of rotatable bonds is 2. The molecule has 7 heteroatoms. The van der Waals surface area contributed by atoms with Crippen molar-refractivity contribution in [3.8, 4) is 0 Å². The van der Waals surface area contributed by atoms with Gasteiger partial charge in [0.05, 0.1) is 10.2 Å². The maximum Gasteiger partial charge on any atom is 0.259 e. The van der Waals surface area contributed by atoms with Crippen molar-refractivity contribution in [3.05, 3.63) is 58.7 Å². The van der Waals surface area contributed by atoms with Crippen molar-refractivity contribution in [3.63, 3.8) is 0 Å². The Morgan fingerprint density at radius 3 is 2.41 bits per heavy atom. The number of fused-ring (bicyclic) bond motifs is 1. The van der Waals surface area contributed by atoms with Crippen molar-refractivity contribution < 1.29 is 13.6 Å². The van der Waals surface area contributed by atoms with Gasteiger partial charge >= 0.3 is 0 Å². The maximum atomic E-state index is 13.9. The average molecular weight is 387 g/mol. The molecular weight excluding hydrogens is 368 g/mol. The fourth-order valence-corrected chi connectivity index (χ4v) is 4.65. The van der Waals surface area contributed by atoms with Gasteiger partial charge < -0.3 is 9.80 Å². The minimum Gasteiger partial charge on any atom is -0.345 e. The standard InChI is InChI=1S/C20H19F2N3OS/c1-12-10-13(2)18-16(11-12)27-20(23-18)25-8-6-24(7-9-25)19(26)17-14(21)4-3-5-15(17)22/h3-5,10-11H,6-9H2,1-2H3. The first-order valence-corrected chi connectivity index (χ1v) is 9.61. The molecule has 0 aliphatic carbocycles. The first-order chi connectivity index (χ1) is 12.9. The molecule has 3 aromatic rings. The Morgan fingerprint density at radius 1 is 1.07 bits per heavy atom. The van der Waals surface area contributed by atoms with Crippen LogP contribution in [0.4, 0.5) is 13.9 Å². The molecule has 0 saturated carbocycles. The smallest absolute Gasteiger partial charge is 0.259 e. The van der Waals surface area contributed by atoms with Gasteiger partial charge in [-0.05, 0) is 43.2 Å². The molecule has 0 atom stereocenters. The highest BCUT2D eigenvalue weighted by Gasteiger charge is 2.27. The fraction of sp³-hybridized carbons (Fsp3) is 0.300. The van der Waals surface area contributed by atoms with Gasteiger partial charge in [-0.2, -0.15) is 0 Å². The van der Waals surface area contributed by atoms with Crippen LogP contribution in [0.2, 0.25) is 0 Å². The highest BCUT2D eigenvalue weighted by molar-refractivity contribution is 7.22. The number of aromatic nitrogens is 1. The number of hydrogen-bond donors (Lipinski definition) is 0. The number of nitrogens with zero attached hydrogens (tertiary/aromatic N) is 3. The average Bonchev–Trinajstić information content (AvgIpc) is 3.06. The summed E-state index contributed by atoms with van der Waals surface area (Å²) in [5.41, 5.74) is 2.89. The highest BCUT2D eigenvalue weighted by atomic mass is 32.1. The van der Waals surface area contributed by atoms with E-state index in [2.05, 4.69) is 30.9 Å². The predicted molar refractivity (Wildman–Crippen MR) is 104 cm³/mol. The van der Waals surface area contributed by atoms with Crippen LogP contribution in [0.5, 0.6) is 0 Å². The maximum absolute atomic E-state index is 13.9. The van der Waals surface area contributed by atoms with E-state index < -0.39 is 23.1 Å². The number of thiazole rings is 1. The van der Waals surface area contributed by atoms with E-state index >= 15 is 0 Å². The largest absolute Gasteiger partial charge is 0.345 e. The van der Waals surface area contributed by atoms with E-state index in [4.69, 9.17) is 4.98 Å². The number of piperazine rings is 1. The van der Waals surface area contributed by atoms with Gasteiger partial charge in [-0.1, -0.05) is 23.5 Å². The molecule has 4 rings (SSSR count). The zero-order valence-corrected chi connectivity index (χ0v) is 15.9. The summed E-state index contributed by atoms with van der Waals surface area (Å²) in [5, 5.41) is 0.919. The molecule has 0 N–H and O–H groups in total. The molecule has 1 aromatic heterocycles. The van der Waals surface area contributed by atoms with Gasteiger partial charge in [0.2, 0.25) is 0 Å². The second kappa shape index (κ2) is 6.88. The second-order valence-electron chi connectivity index (χ2n) is 6.80. The molecule has 2 heterocycles. The topological polar surface area (TPSA) is 36.4 Å². The Labute approximate surface area is 160 Å². The molecular formula is C20H19F2N3OS. The summed E-state index contributed by atoms with van der Waals surface area (Å²) in [6.07, 6.45) is 0. The third kappa shape index (κ3) is 3.27. The van der Waals surface area contributed by atoms with Crippen LogP contribution in [-0.4, -0.2) is 42.0 Å². The van der Waals surface area contributed by atoms with E-state index in [9.17, 15) is 13.6 Å². The molecule has 4 nitrogen and oxygen atoms in total. The van der Waals surface area contributed by atoms with Crippen molar-refractivity contribution in [1.29, 1.82) is 0 Å². The number of halogens is 2. The van der Waals surface area contributed by atoms with Crippen LogP contribution in [-0.2, 0) is 0 Å². The number of amides is 1. The van der Waals surface area contributed by atoms with Crippen LogP contribution >= 0.6 is 11.3 Å². The number of aryl methyl sites for hydroxylation is 2. The molecule has 0 bridgehead atoms. The lowest BCUT2D eigenvalue weighted by atomic mass is 10.1. The number of anilines is 1. The van der Waals surface area contributed by atoms with E-state index in [0.29, 0.717) is 26.2 Å². The predicted octanol–water partition coefficient (Wildman–Crippen LogP) is 4.15. The lowest BCUT2D eigenvalue weighted by Gasteiger charge is -2.34. The second-order valence-corrected chi connectivity index (χ2v) is 7.81. The van der Waals surface area contributed by atoms with Crippen molar-refractivity contribution in [2.45, 2.75) is 13.8 Å². The van der Waals surface area contributed by atoms with Crippen LogP contribution in [0.25, 0.3) is 10.2 Å². The first-order valence-electron chi connectivity index (χ1n) is 8.80. The third-order valence-corrected chi connectivity index (χ3v) is 5.90. The lowest BCUT2D eigenvalue weighted by Crippen LogP contribution is -2.49. The van der Waals surface area contributed by atoms with Gasteiger partial charge in [-0.25, -0.2) is 13.8 Å². The summed E-state index contributed by atoms with van der Waals surface area (Å²) in [6, 6.07) is 7.72. The molecule has 0 unspecified atom stereocenters. The van der Waals surface area contributed by atoms with Gasteiger partial charge in [0.25, 0.3) is 5.91 Å². The number of carbonyl (C=O) groups is 1. The molecule has 0 spiro atoms. The Hall–Kier alpha value is -2.54. The molecule has 2 aromatic carbocycles. The summed E-state index contributed by atoms with van der Waals surface area (Å²) in [7, 11) is 0. The Bertz CT molecular complexity index is 1010. The van der Waals surface area contributed by atoms with E-state index in [1.807, 2.05) is 0 Å². The van der Waals surface area contributed by atoms with Gasteiger partial charge in [0, 0.05) is 26.2 Å². The number of benzene rings is 2. The summed E-state index contributed by atoms with van der Waals surface area (Å²) in [4.78, 5) is 20.9. The molecule has 1 fully saturated rings. The van der Waals surface area contributed by atoms with Crippen molar-refractivity contribution in [2.24, 2.45) is 0 Å². The van der Waals surface area contributed by atoms with Crippen LogP contribution in [0, 0.1) is 25.5 Å². The van der Waals surface area contributed by atoms with E-state index in [1.165, 1.54) is 16.5 Å². The zero-order chi connectivity index (χ0) is 19.1. The van der Waals surface area contributed by atoms with Crippen LogP contribution < -0.4 is 4.90 Å². The fourth-order valence-electron chi connectivity index (χ4n) is 3.46. The Balaban J connectivity index is 1.51. The Morgan fingerprint density at radius 2 is 1.74 bits per heavy atom. The normalized spacial score (nSPS) is 14.8. The molecule has 1 saturated heterocycles. The van der Waals surface area contributed by atoms with E-state index in [0.717, 1.165) is 33.0 Å². The van der Waals surface area contributed by atoms with Crippen molar-refractivity contribution >= 4 is 32.6 Å². The minimum absolute atomic E-state index is 0.403. The minimum atomic E-state index is -0.820. The number of hydrogen-bond acceptors (Lipinski definition) is 4. The lowest BCUT2D eigenvalue weighted by molar-refractivity contribution is 0.0737. The molecule has 140 valence electrons. The van der Waals surface area contributed by atoms with Crippen LogP contribution in [0.1, 0.15) is 21.5 Å².